The predicted octanol–water partition coefficient (Wildman–Crippen LogP) is 3.75. The van der Waals surface area contributed by atoms with Gasteiger partial charge in [0.2, 0.25) is 0 Å². The third-order valence-electron chi connectivity index (χ3n) is 2.96. The van der Waals surface area contributed by atoms with E-state index in [0.29, 0.717) is 5.56 Å². The largest absolute Gasteiger partial charge is 0.465 e. The van der Waals surface area contributed by atoms with Gasteiger partial charge in [0.05, 0.1) is 12.7 Å². The van der Waals surface area contributed by atoms with E-state index in [9.17, 15) is 4.79 Å². The third-order valence-corrected chi connectivity index (χ3v) is 3.77. The lowest BCUT2D eigenvalue weighted by molar-refractivity contribution is 0.0601. The van der Waals surface area contributed by atoms with Crippen LogP contribution in [0.4, 0.5) is 0 Å². The molecule has 0 aliphatic rings. The second-order valence-corrected chi connectivity index (χ2v) is 4.96. The molecule has 1 heterocycles. The number of aromatic nitrogens is 1. The number of carbonyl (C=O) groups is 1. The van der Waals surface area contributed by atoms with Crippen LogP contribution >= 0.6 is 11.3 Å². The van der Waals surface area contributed by atoms with Crippen molar-refractivity contribution in [3.63, 3.8) is 0 Å². The van der Waals surface area contributed by atoms with Gasteiger partial charge in [0.25, 0.3) is 0 Å². The summed E-state index contributed by atoms with van der Waals surface area (Å²) in [6, 6.07) is 11.6. The Labute approximate surface area is 114 Å². The quantitative estimate of drug-likeness (QED) is 0.665. The van der Waals surface area contributed by atoms with E-state index in [0.717, 1.165) is 21.3 Å². The first-order valence-corrected chi connectivity index (χ1v) is 6.68. The molecule has 0 N–H and O–H groups in total. The Hall–Kier alpha value is -2.20. The van der Waals surface area contributed by atoms with Crippen molar-refractivity contribution in [1.82, 2.24) is 4.98 Å². The van der Waals surface area contributed by atoms with Gasteiger partial charge in [0.15, 0.2) is 0 Å². The van der Waals surface area contributed by atoms with Gasteiger partial charge in [-0.05, 0) is 22.9 Å². The zero-order valence-corrected chi connectivity index (χ0v) is 11.1. The molecule has 19 heavy (non-hydrogen) atoms. The number of ether oxygens (including phenoxy) is 1. The maximum absolute atomic E-state index is 11.5. The molecule has 94 valence electrons. The van der Waals surface area contributed by atoms with Gasteiger partial charge in [-0.15, -0.1) is 11.3 Å². The SMILES string of the molecule is COC(=O)c1ccc2c(-c3nccs3)cccc2c1. The van der Waals surface area contributed by atoms with Crippen molar-refractivity contribution < 1.29 is 9.53 Å². The highest BCUT2D eigenvalue weighted by Crippen LogP contribution is 2.30. The molecule has 0 spiro atoms. The minimum Gasteiger partial charge on any atom is -0.465 e. The maximum Gasteiger partial charge on any atom is 0.337 e. The van der Waals surface area contributed by atoms with Gasteiger partial charge in [0, 0.05) is 17.1 Å². The monoisotopic (exact) mass is 269 g/mol. The molecule has 3 rings (SSSR count). The summed E-state index contributed by atoms with van der Waals surface area (Å²) in [6.45, 7) is 0. The second-order valence-electron chi connectivity index (χ2n) is 4.07. The molecule has 4 heteroatoms. The van der Waals surface area contributed by atoms with Gasteiger partial charge in [-0.2, -0.15) is 0 Å². The maximum atomic E-state index is 11.5. The first kappa shape index (κ1) is 11.9. The van der Waals surface area contributed by atoms with E-state index in [1.165, 1.54) is 7.11 Å². The Morgan fingerprint density at radius 1 is 1.26 bits per heavy atom. The van der Waals surface area contributed by atoms with E-state index >= 15 is 0 Å². The fourth-order valence-corrected chi connectivity index (χ4v) is 2.75. The standard InChI is InChI=1S/C15H11NO2S/c1-18-15(17)11-5-6-12-10(9-11)3-2-4-13(12)14-16-7-8-19-14/h2-9H,1H3. The van der Waals surface area contributed by atoms with Crippen molar-refractivity contribution in [3.05, 3.63) is 53.5 Å². The number of carbonyl (C=O) groups excluding carboxylic acids is 1. The van der Waals surface area contributed by atoms with E-state index in [1.807, 2.05) is 35.7 Å². The van der Waals surface area contributed by atoms with Gasteiger partial charge < -0.3 is 4.74 Å². The molecule has 0 unspecified atom stereocenters. The average molecular weight is 269 g/mol. The highest BCUT2D eigenvalue weighted by atomic mass is 32.1. The summed E-state index contributed by atoms with van der Waals surface area (Å²) >= 11 is 1.60. The molecule has 0 aliphatic carbocycles. The fraction of sp³-hybridized carbons (Fsp3) is 0.0667. The lowest BCUT2D eigenvalue weighted by atomic mass is 10.0. The molecule has 0 fully saturated rings. The topological polar surface area (TPSA) is 39.2 Å². The molecule has 0 bridgehead atoms. The molecular weight excluding hydrogens is 258 g/mol. The zero-order chi connectivity index (χ0) is 13.2. The Balaban J connectivity index is 2.20. The summed E-state index contributed by atoms with van der Waals surface area (Å²) in [6.07, 6.45) is 1.79. The average Bonchev–Trinajstić information content (AvgIpc) is 2.99. The van der Waals surface area contributed by atoms with E-state index < -0.39 is 0 Å². The van der Waals surface area contributed by atoms with Crippen LogP contribution in [0.5, 0.6) is 0 Å². The normalized spacial score (nSPS) is 10.6. The molecule has 0 saturated heterocycles. The predicted molar refractivity (Wildman–Crippen MR) is 76.4 cm³/mol. The number of hydrogen-bond acceptors (Lipinski definition) is 4. The van der Waals surface area contributed by atoms with Gasteiger partial charge >= 0.3 is 5.97 Å². The van der Waals surface area contributed by atoms with Gasteiger partial charge in [-0.3, -0.25) is 0 Å². The molecule has 3 aromatic rings. The first-order valence-electron chi connectivity index (χ1n) is 5.80. The molecule has 0 aliphatic heterocycles. The number of hydrogen-bond donors (Lipinski definition) is 0. The zero-order valence-electron chi connectivity index (χ0n) is 10.3. The number of thiazole rings is 1. The van der Waals surface area contributed by atoms with Gasteiger partial charge in [0.1, 0.15) is 5.01 Å². The van der Waals surface area contributed by atoms with E-state index in [4.69, 9.17) is 4.74 Å². The Morgan fingerprint density at radius 2 is 2.16 bits per heavy atom. The number of rotatable bonds is 2. The van der Waals surface area contributed by atoms with Crippen LogP contribution < -0.4 is 0 Å². The smallest absolute Gasteiger partial charge is 0.337 e. The Bertz CT molecular complexity index is 735. The molecule has 0 atom stereocenters. The van der Waals surface area contributed by atoms with Crippen LogP contribution in [0.25, 0.3) is 21.3 Å². The van der Waals surface area contributed by atoms with Crippen molar-refractivity contribution in [1.29, 1.82) is 0 Å². The van der Waals surface area contributed by atoms with Crippen LogP contribution in [-0.4, -0.2) is 18.1 Å². The highest BCUT2D eigenvalue weighted by molar-refractivity contribution is 7.13. The summed E-state index contributed by atoms with van der Waals surface area (Å²) in [4.78, 5) is 15.9. The number of fused-ring (bicyclic) bond motifs is 1. The summed E-state index contributed by atoms with van der Waals surface area (Å²) < 4.78 is 4.74. The number of benzene rings is 2. The Morgan fingerprint density at radius 3 is 2.89 bits per heavy atom. The van der Waals surface area contributed by atoms with Crippen molar-refractivity contribution in [3.8, 4) is 10.6 Å². The number of esters is 1. The number of methoxy groups -OCH3 is 1. The first-order chi connectivity index (χ1) is 9.29. The number of nitrogens with zero attached hydrogens (tertiary/aromatic N) is 1. The van der Waals surface area contributed by atoms with Crippen LogP contribution in [0.1, 0.15) is 10.4 Å². The van der Waals surface area contributed by atoms with Crippen LogP contribution in [0.2, 0.25) is 0 Å². The van der Waals surface area contributed by atoms with Crippen molar-refractivity contribution in [2.75, 3.05) is 7.11 Å². The van der Waals surface area contributed by atoms with Crippen LogP contribution in [0.15, 0.2) is 48.0 Å². The lowest BCUT2D eigenvalue weighted by Gasteiger charge is -2.05. The van der Waals surface area contributed by atoms with E-state index in [2.05, 4.69) is 4.98 Å². The van der Waals surface area contributed by atoms with Gasteiger partial charge in [-0.1, -0.05) is 24.3 Å². The molecule has 0 saturated carbocycles. The van der Waals surface area contributed by atoms with Crippen LogP contribution in [-0.2, 0) is 4.74 Å². The van der Waals surface area contributed by atoms with E-state index in [-0.39, 0.29) is 5.97 Å². The van der Waals surface area contributed by atoms with Crippen molar-refractivity contribution >= 4 is 28.1 Å². The fourth-order valence-electron chi connectivity index (χ4n) is 2.07. The molecule has 0 amide bonds. The van der Waals surface area contributed by atoms with E-state index in [1.54, 1.807) is 23.6 Å². The second kappa shape index (κ2) is 4.82. The van der Waals surface area contributed by atoms with Crippen LogP contribution in [0, 0.1) is 0 Å². The van der Waals surface area contributed by atoms with Crippen molar-refractivity contribution in [2.45, 2.75) is 0 Å². The minimum absolute atomic E-state index is 0.318. The minimum atomic E-state index is -0.318. The molecule has 2 aromatic carbocycles. The molecular formula is C15H11NO2S. The molecule has 1 aromatic heterocycles. The Kier molecular flexibility index (Phi) is 3.01. The summed E-state index contributed by atoms with van der Waals surface area (Å²) in [5, 5.41) is 5.04. The summed E-state index contributed by atoms with van der Waals surface area (Å²) in [5.74, 6) is -0.318. The summed E-state index contributed by atoms with van der Waals surface area (Å²) in [5.41, 5.74) is 1.65. The highest BCUT2D eigenvalue weighted by Gasteiger charge is 2.09. The van der Waals surface area contributed by atoms with Crippen molar-refractivity contribution in [2.24, 2.45) is 0 Å². The molecule has 0 radical (unpaired) electrons. The van der Waals surface area contributed by atoms with Gasteiger partial charge in [-0.25, -0.2) is 9.78 Å². The summed E-state index contributed by atoms with van der Waals surface area (Å²) in [7, 11) is 1.39. The third kappa shape index (κ3) is 2.11. The van der Waals surface area contributed by atoms with Crippen LogP contribution in [0.3, 0.4) is 0 Å². The lowest BCUT2D eigenvalue weighted by Crippen LogP contribution is -2.00. The molecule has 3 nitrogen and oxygen atoms in total.